The van der Waals surface area contributed by atoms with Crippen LogP contribution in [0.3, 0.4) is 0 Å². The fourth-order valence-corrected chi connectivity index (χ4v) is 1.97. The van der Waals surface area contributed by atoms with Crippen LogP contribution in [-0.4, -0.2) is 14.6 Å². The molecule has 1 aromatic carbocycles. The van der Waals surface area contributed by atoms with Gasteiger partial charge in [-0.05, 0) is 24.3 Å². The molecule has 0 unspecified atom stereocenters. The standard InChI is InChI=1S/C13H9F3N4/c14-13(15,16)9-6-4-8(5-7-9)10-2-1-3-11-18-12(17)19-20(10)11/h1-7H,(H2,17,19). The second-order valence-corrected chi connectivity index (χ2v) is 4.23. The summed E-state index contributed by atoms with van der Waals surface area (Å²) in [5.74, 6) is 0.115. The molecule has 0 spiro atoms. The van der Waals surface area contributed by atoms with Gasteiger partial charge >= 0.3 is 6.18 Å². The summed E-state index contributed by atoms with van der Waals surface area (Å²) in [6.07, 6.45) is -4.35. The molecule has 4 nitrogen and oxygen atoms in total. The van der Waals surface area contributed by atoms with Gasteiger partial charge in [0.1, 0.15) is 0 Å². The van der Waals surface area contributed by atoms with Gasteiger partial charge in [-0.2, -0.15) is 18.2 Å². The number of nitrogens with two attached hydrogens (primary N) is 1. The molecule has 0 radical (unpaired) electrons. The van der Waals surface area contributed by atoms with Crippen LogP contribution in [-0.2, 0) is 6.18 Å². The van der Waals surface area contributed by atoms with Crippen molar-refractivity contribution in [3.05, 3.63) is 48.0 Å². The lowest BCUT2D eigenvalue weighted by atomic mass is 10.1. The first-order valence-corrected chi connectivity index (χ1v) is 5.74. The summed E-state index contributed by atoms with van der Waals surface area (Å²) in [5.41, 5.74) is 6.61. The molecule has 102 valence electrons. The number of nitrogen functional groups attached to an aromatic ring is 1. The Labute approximate surface area is 111 Å². The SMILES string of the molecule is Nc1nc2cccc(-c3ccc(C(F)(F)F)cc3)n2n1. The van der Waals surface area contributed by atoms with Crippen molar-refractivity contribution in [1.82, 2.24) is 14.6 Å². The Morgan fingerprint density at radius 1 is 1.00 bits per heavy atom. The van der Waals surface area contributed by atoms with Crippen molar-refractivity contribution in [3.63, 3.8) is 0 Å². The lowest BCUT2D eigenvalue weighted by Gasteiger charge is -2.08. The van der Waals surface area contributed by atoms with E-state index in [9.17, 15) is 13.2 Å². The van der Waals surface area contributed by atoms with Gasteiger partial charge in [-0.3, -0.25) is 0 Å². The molecule has 0 aliphatic carbocycles. The molecule has 2 N–H and O–H groups in total. The number of hydrogen-bond acceptors (Lipinski definition) is 3. The molecule has 7 heteroatoms. The number of nitrogens with zero attached hydrogens (tertiary/aromatic N) is 3. The van der Waals surface area contributed by atoms with Gasteiger partial charge < -0.3 is 5.73 Å². The molecule has 20 heavy (non-hydrogen) atoms. The highest BCUT2D eigenvalue weighted by Gasteiger charge is 2.30. The minimum Gasteiger partial charge on any atom is -0.366 e. The first-order chi connectivity index (χ1) is 9.45. The highest BCUT2D eigenvalue weighted by atomic mass is 19.4. The normalized spacial score (nSPS) is 11.9. The summed E-state index contributed by atoms with van der Waals surface area (Å²) in [5, 5.41) is 4.02. The van der Waals surface area contributed by atoms with Crippen molar-refractivity contribution in [3.8, 4) is 11.3 Å². The van der Waals surface area contributed by atoms with Crippen LogP contribution in [0.2, 0.25) is 0 Å². The molecule has 0 fully saturated rings. The van der Waals surface area contributed by atoms with Gasteiger partial charge in [0.25, 0.3) is 0 Å². The van der Waals surface area contributed by atoms with Crippen LogP contribution < -0.4 is 5.73 Å². The summed E-state index contributed by atoms with van der Waals surface area (Å²) >= 11 is 0. The topological polar surface area (TPSA) is 56.2 Å². The second-order valence-electron chi connectivity index (χ2n) is 4.23. The molecular formula is C13H9F3N4. The average molecular weight is 278 g/mol. The van der Waals surface area contributed by atoms with Gasteiger partial charge in [-0.15, -0.1) is 5.10 Å². The zero-order valence-electron chi connectivity index (χ0n) is 10.1. The number of alkyl halides is 3. The molecule has 2 heterocycles. The molecule has 3 rings (SSSR count). The van der Waals surface area contributed by atoms with Crippen molar-refractivity contribution in [2.75, 3.05) is 5.73 Å². The summed E-state index contributed by atoms with van der Waals surface area (Å²) < 4.78 is 39.1. The Balaban J connectivity index is 2.11. The van der Waals surface area contributed by atoms with Crippen molar-refractivity contribution < 1.29 is 13.2 Å². The van der Waals surface area contributed by atoms with E-state index in [0.717, 1.165) is 12.1 Å². The van der Waals surface area contributed by atoms with Gasteiger partial charge in [0.15, 0.2) is 5.65 Å². The van der Waals surface area contributed by atoms with Crippen molar-refractivity contribution in [1.29, 1.82) is 0 Å². The maximum atomic E-state index is 12.5. The van der Waals surface area contributed by atoms with Crippen LogP contribution in [0.25, 0.3) is 16.9 Å². The monoisotopic (exact) mass is 278 g/mol. The fourth-order valence-electron chi connectivity index (χ4n) is 1.97. The van der Waals surface area contributed by atoms with Crippen LogP contribution in [0, 0.1) is 0 Å². The quantitative estimate of drug-likeness (QED) is 0.744. The number of anilines is 1. The van der Waals surface area contributed by atoms with Crippen molar-refractivity contribution in [2.45, 2.75) is 6.18 Å². The number of hydrogen-bond donors (Lipinski definition) is 1. The maximum Gasteiger partial charge on any atom is 0.416 e. The number of benzene rings is 1. The minimum absolute atomic E-state index is 0.115. The van der Waals surface area contributed by atoms with Gasteiger partial charge in [0.05, 0.1) is 11.3 Å². The van der Waals surface area contributed by atoms with E-state index in [1.807, 2.05) is 0 Å². The summed E-state index contributed by atoms with van der Waals surface area (Å²) in [4.78, 5) is 4.01. The third kappa shape index (κ3) is 2.07. The van der Waals surface area contributed by atoms with Crippen LogP contribution >= 0.6 is 0 Å². The van der Waals surface area contributed by atoms with Gasteiger partial charge in [-0.25, -0.2) is 4.52 Å². The van der Waals surface area contributed by atoms with E-state index >= 15 is 0 Å². The van der Waals surface area contributed by atoms with E-state index in [1.54, 1.807) is 18.2 Å². The number of aromatic nitrogens is 3. The van der Waals surface area contributed by atoms with Crippen LogP contribution in [0.5, 0.6) is 0 Å². The Kier molecular flexibility index (Phi) is 2.63. The Bertz CT molecular complexity index is 759. The van der Waals surface area contributed by atoms with E-state index in [4.69, 9.17) is 5.73 Å². The Morgan fingerprint density at radius 3 is 2.35 bits per heavy atom. The third-order valence-electron chi connectivity index (χ3n) is 2.88. The summed E-state index contributed by atoms with van der Waals surface area (Å²) in [6.45, 7) is 0. The molecule has 0 aliphatic heterocycles. The zero-order chi connectivity index (χ0) is 14.3. The molecule has 0 amide bonds. The number of rotatable bonds is 1. The van der Waals surface area contributed by atoms with Gasteiger partial charge in [-0.1, -0.05) is 18.2 Å². The average Bonchev–Trinajstić information content (AvgIpc) is 2.78. The lowest BCUT2D eigenvalue weighted by molar-refractivity contribution is -0.137. The van der Waals surface area contributed by atoms with E-state index in [2.05, 4.69) is 10.1 Å². The van der Waals surface area contributed by atoms with Crippen molar-refractivity contribution >= 4 is 11.6 Å². The third-order valence-corrected chi connectivity index (χ3v) is 2.88. The first kappa shape index (κ1) is 12.5. The second kappa shape index (κ2) is 4.22. The maximum absolute atomic E-state index is 12.5. The molecular weight excluding hydrogens is 269 g/mol. The van der Waals surface area contributed by atoms with Crippen LogP contribution in [0.4, 0.5) is 19.1 Å². The molecule has 0 saturated heterocycles. The summed E-state index contributed by atoms with van der Waals surface area (Å²) in [6, 6.07) is 10.1. The summed E-state index contributed by atoms with van der Waals surface area (Å²) in [7, 11) is 0. The van der Waals surface area contributed by atoms with Gasteiger partial charge in [0.2, 0.25) is 5.95 Å². The molecule has 0 saturated carbocycles. The highest BCUT2D eigenvalue weighted by molar-refractivity contribution is 5.63. The minimum atomic E-state index is -4.35. The van der Waals surface area contributed by atoms with E-state index in [1.165, 1.54) is 16.6 Å². The molecule has 3 aromatic rings. The zero-order valence-corrected chi connectivity index (χ0v) is 10.1. The number of pyridine rings is 1. The largest absolute Gasteiger partial charge is 0.416 e. The lowest BCUT2D eigenvalue weighted by Crippen LogP contribution is -2.04. The Morgan fingerprint density at radius 2 is 1.70 bits per heavy atom. The molecule has 0 bridgehead atoms. The molecule has 2 aromatic heterocycles. The predicted molar refractivity (Wildman–Crippen MR) is 67.8 cm³/mol. The fraction of sp³-hybridized carbons (Fsp3) is 0.0769. The number of fused-ring (bicyclic) bond motifs is 1. The van der Waals surface area contributed by atoms with E-state index < -0.39 is 11.7 Å². The van der Waals surface area contributed by atoms with E-state index in [0.29, 0.717) is 16.9 Å². The molecule has 0 atom stereocenters. The van der Waals surface area contributed by atoms with Crippen molar-refractivity contribution in [2.24, 2.45) is 0 Å². The number of halogens is 3. The predicted octanol–water partition coefficient (Wildman–Crippen LogP) is 3.00. The van der Waals surface area contributed by atoms with Crippen LogP contribution in [0.1, 0.15) is 5.56 Å². The van der Waals surface area contributed by atoms with Crippen LogP contribution in [0.15, 0.2) is 42.5 Å². The first-order valence-electron chi connectivity index (χ1n) is 5.74. The highest BCUT2D eigenvalue weighted by Crippen LogP contribution is 2.31. The van der Waals surface area contributed by atoms with E-state index in [-0.39, 0.29) is 5.95 Å². The molecule has 0 aliphatic rings. The Hall–Kier alpha value is -2.57. The smallest absolute Gasteiger partial charge is 0.366 e. The van der Waals surface area contributed by atoms with Gasteiger partial charge in [0, 0.05) is 5.56 Å².